The van der Waals surface area contributed by atoms with Crippen LogP contribution in [0.25, 0.3) is 32.7 Å². The third-order valence-electron chi connectivity index (χ3n) is 5.19. The van der Waals surface area contributed by atoms with Crippen molar-refractivity contribution in [3.05, 3.63) is 71.6 Å². The topological polar surface area (TPSA) is 65.6 Å². The normalized spacial score (nSPS) is 13.8. The first-order valence-electron chi connectivity index (χ1n) is 8.74. The fraction of sp³-hybridized carbons (Fsp3) is 0.0476. The van der Waals surface area contributed by atoms with E-state index in [9.17, 15) is 0 Å². The second kappa shape index (κ2) is 5.34. The minimum absolute atomic E-state index is 0.0681. The van der Waals surface area contributed by atoms with E-state index < -0.39 is 0 Å². The molecular weight excluding hydrogens is 358 g/mol. The smallest absolute Gasteiger partial charge is 0.125 e. The zero-order chi connectivity index (χ0) is 18.0. The summed E-state index contributed by atoms with van der Waals surface area (Å²) in [5.41, 5.74) is 6.11. The number of H-pyrrole nitrogens is 1. The molecule has 0 saturated carbocycles. The summed E-state index contributed by atoms with van der Waals surface area (Å²) in [6.07, 6.45) is 5.58. The van der Waals surface area contributed by atoms with E-state index in [1.54, 1.807) is 0 Å². The van der Waals surface area contributed by atoms with Crippen LogP contribution in [0, 0.1) is 0 Å². The number of rotatable bonds is 1. The first-order valence-corrected chi connectivity index (χ1v) is 9.12. The molecule has 0 radical (unpaired) electrons. The van der Waals surface area contributed by atoms with Gasteiger partial charge in [-0.05, 0) is 42.5 Å². The van der Waals surface area contributed by atoms with Gasteiger partial charge in [-0.25, -0.2) is 0 Å². The largest absolute Gasteiger partial charge is 0.361 e. The molecule has 6 heteroatoms. The van der Waals surface area contributed by atoms with Crippen molar-refractivity contribution in [1.29, 1.82) is 0 Å². The van der Waals surface area contributed by atoms with Crippen LogP contribution in [-0.2, 0) is 0 Å². The number of halogens is 1. The van der Waals surface area contributed by atoms with Gasteiger partial charge in [0.25, 0.3) is 0 Å². The molecule has 0 spiro atoms. The molecule has 5 nitrogen and oxygen atoms in total. The van der Waals surface area contributed by atoms with Gasteiger partial charge in [0.1, 0.15) is 6.17 Å². The highest BCUT2D eigenvalue weighted by molar-refractivity contribution is 6.31. The van der Waals surface area contributed by atoms with Crippen molar-refractivity contribution in [3.63, 3.8) is 0 Å². The lowest BCUT2D eigenvalue weighted by Gasteiger charge is -2.11. The van der Waals surface area contributed by atoms with E-state index in [4.69, 9.17) is 11.6 Å². The Morgan fingerprint density at radius 1 is 0.815 bits per heavy atom. The lowest BCUT2D eigenvalue weighted by Crippen LogP contribution is -2.11. The van der Waals surface area contributed by atoms with Crippen LogP contribution in [0.3, 0.4) is 0 Å². The molecular formula is C21H14ClN5. The summed E-state index contributed by atoms with van der Waals surface area (Å²) >= 11 is 6.23. The van der Waals surface area contributed by atoms with Crippen LogP contribution in [0.5, 0.6) is 0 Å². The van der Waals surface area contributed by atoms with Crippen molar-refractivity contribution in [2.75, 3.05) is 10.6 Å². The Hall–Kier alpha value is -3.31. The summed E-state index contributed by atoms with van der Waals surface area (Å²) in [5, 5.41) is 11.2. The molecule has 5 aromatic rings. The number of aromatic nitrogens is 3. The van der Waals surface area contributed by atoms with E-state index in [2.05, 4.69) is 37.7 Å². The van der Waals surface area contributed by atoms with Gasteiger partial charge in [-0.3, -0.25) is 9.97 Å². The van der Waals surface area contributed by atoms with Crippen molar-refractivity contribution < 1.29 is 0 Å². The molecule has 1 aliphatic heterocycles. The lowest BCUT2D eigenvalue weighted by molar-refractivity contribution is 0.953. The predicted octanol–water partition coefficient (Wildman–Crippen LogP) is 5.45. The Labute approximate surface area is 159 Å². The SMILES string of the molecule is Clc1ccc2[nH]cc(C3Nc4c(c5cccnc5c5ncccc45)N3)c2c1. The van der Waals surface area contributed by atoms with Gasteiger partial charge in [0.15, 0.2) is 0 Å². The van der Waals surface area contributed by atoms with Crippen molar-refractivity contribution in [2.45, 2.75) is 6.17 Å². The quantitative estimate of drug-likeness (QED) is 0.342. The van der Waals surface area contributed by atoms with E-state index in [1.807, 2.05) is 48.9 Å². The summed E-state index contributed by atoms with van der Waals surface area (Å²) in [4.78, 5) is 12.5. The predicted molar refractivity (Wildman–Crippen MR) is 110 cm³/mol. The van der Waals surface area contributed by atoms with Crippen LogP contribution in [0.1, 0.15) is 11.7 Å². The van der Waals surface area contributed by atoms with Crippen molar-refractivity contribution in [3.8, 4) is 0 Å². The van der Waals surface area contributed by atoms with E-state index in [0.717, 1.165) is 54.7 Å². The summed E-state index contributed by atoms with van der Waals surface area (Å²) < 4.78 is 0. The number of hydrogen-bond donors (Lipinski definition) is 3. The van der Waals surface area contributed by atoms with Crippen LogP contribution in [0.15, 0.2) is 61.1 Å². The van der Waals surface area contributed by atoms with Gasteiger partial charge >= 0.3 is 0 Å². The highest BCUT2D eigenvalue weighted by atomic mass is 35.5. The summed E-state index contributed by atoms with van der Waals surface area (Å²) in [6.45, 7) is 0. The lowest BCUT2D eigenvalue weighted by atomic mass is 10.1. The summed E-state index contributed by atoms with van der Waals surface area (Å²) in [7, 11) is 0. The monoisotopic (exact) mass is 371 g/mol. The molecule has 27 heavy (non-hydrogen) atoms. The van der Waals surface area contributed by atoms with Gasteiger partial charge in [0.05, 0.1) is 22.4 Å². The van der Waals surface area contributed by atoms with Gasteiger partial charge < -0.3 is 15.6 Å². The Balaban J connectivity index is 1.59. The first-order chi connectivity index (χ1) is 13.3. The van der Waals surface area contributed by atoms with Gasteiger partial charge in [-0.15, -0.1) is 0 Å². The van der Waals surface area contributed by atoms with Gasteiger partial charge in [-0.2, -0.15) is 0 Å². The molecule has 0 amide bonds. The highest BCUT2D eigenvalue weighted by Gasteiger charge is 2.28. The molecule has 3 aromatic heterocycles. The third kappa shape index (κ3) is 2.06. The maximum absolute atomic E-state index is 6.23. The van der Waals surface area contributed by atoms with E-state index >= 15 is 0 Å². The highest BCUT2D eigenvalue weighted by Crippen LogP contribution is 2.46. The zero-order valence-corrected chi connectivity index (χ0v) is 14.9. The maximum atomic E-state index is 6.23. The minimum atomic E-state index is -0.0681. The molecule has 0 bridgehead atoms. The fourth-order valence-electron chi connectivity index (χ4n) is 3.99. The van der Waals surface area contributed by atoms with Crippen LogP contribution in [0.4, 0.5) is 11.4 Å². The van der Waals surface area contributed by atoms with Crippen LogP contribution >= 0.6 is 11.6 Å². The number of nitrogens with one attached hydrogen (secondary N) is 3. The molecule has 6 rings (SSSR count). The number of hydrogen-bond acceptors (Lipinski definition) is 4. The van der Waals surface area contributed by atoms with Crippen LogP contribution in [-0.4, -0.2) is 15.0 Å². The van der Waals surface area contributed by atoms with Crippen LogP contribution in [0.2, 0.25) is 5.02 Å². The van der Waals surface area contributed by atoms with E-state index in [-0.39, 0.29) is 6.17 Å². The number of anilines is 2. The molecule has 4 heterocycles. The van der Waals surface area contributed by atoms with Crippen LogP contribution < -0.4 is 10.6 Å². The van der Waals surface area contributed by atoms with Gasteiger partial charge in [0.2, 0.25) is 0 Å². The second-order valence-corrected chi connectivity index (χ2v) is 7.14. The summed E-state index contributed by atoms with van der Waals surface area (Å²) in [6, 6.07) is 14.0. The van der Waals surface area contributed by atoms with Gasteiger partial charge in [-0.1, -0.05) is 11.6 Å². The average Bonchev–Trinajstić information content (AvgIpc) is 3.32. The Kier molecular flexibility index (Phi) is 2.93. The molecule has 130 valence electrons. The standard InChI is InChI=1S/C21H14ClN5/c22-11-5-6-16-14(9-11)15(10-25-16)21-26-19-12-3-1-7-23-17(12)18-13(20(19)27-21)4-2-8-24-18/h1-10,21,25-27H. The molecule has 0 unspecified atom stereocenters. The Bertz CT molecular complexity index is 1290. The maximum Gasteiger partial charge on any atom is 0.125 e. The third-order valence-corrected chi connectivity index (χ3v) is 5.43. The van der Waals surface area contributed by atoms with Crippen molar-refractivity contribution in [2.24, 2.45) is 0 Å². The van der Waals surface area contributed by atoms with Crippen molar-refractivity contribution >= 4 is 55.7 Å². The van der Waals surface area contributed by atoms with E-state index in [1.165, 1.54) is 0 Å². The molecule has 2 aromatic carbocycles. The van der Waals surface area contributed by atoms with Gasteiger partial charge in [0, 0.05) is 50.9 Å². The van der Waals surface area contributed by atoms with Crippen molar-refractivity contribution in [1.82, 2.24) is 15.0 Å². The average molecular weight is 372 g/mol. The number of fused-ring (bicyclic) bond motifs is 7. The number of aromatic amines is 1. The Morgan fingerprint density at radius 2 is 1.48 bits per heavy atom. The molecule has 0 atom stereocenters. The fourth-order valence-corrected chi connectivity index (χ4v) is 4.17. The zero-order valence-electron chi connectivity index (χ0n) is 14.1. The first kappa shape index (κ1) is 14.8. The Morgan fingerprint density at radius 3 is 2.15 bits per heavy atom. The molecule has 3 N–H and O–H groups in total. The number of pyridine rings is 2. The van der Waals surface area contributed by atoms with E-state index in [0.29, 0.717) is 0 Å². The molecule has 1 aliphatic rings. The summed E-state index contributed by atoms with van der Waals surface area (Å²) in [5.74, 6) is 0. The molecule has 0 fully saturated rings. The number of benzene rings is 2. The second-order valence-electron chi connectivity index (χ2n) is 6.70. The molecule has 0 saturated heterocycles. The molecule has 0 aliphatic carbocycles. The number of nitrogens with zero attached hydrogens (tertiary/aromatic N) is 2. The minimum Gasteiger partial charge on any atom is -0.361 e.